The second-order valence-corrected chi connectivity index (χ2v) is 5.35. The number of carbonyl (C=O) groups excluding carboxylic acids is 1. The zero-order valence-corrected chi connectivity index (χ0v) is 12.1. The van der Waals surface area contributed by atoms with E-state index in [2.05, 4.69) is 5.32 Å². The minimum atomic E-state index is -1.11. The summed E-state index contributed by atoms with van der Waals surface area (Å²) in [6.45, 7) is 2.18. The van der Waals surface area contributed by atoms with Gasteiger partial charge in [-0.1, -0.05) is 18.2 Å². The van der Waals surface area contributed by atoms with Crippen molar-refractivity contribution in [2.24, 2.45) is 5.41 Å². The Morgan fingerprint density at radius 1 is 1.48 bits per heavy atom. The molecular weight excluding hydrogens is 274 g/mol. The average Bonchev–Trinajstić information content (AvgIpc) is 2.82. The molecule has 0 spiro atoms. The number of rotatable bonds is 5. The first-order valence-corrected chi connectivity index (χ1v) is 6.68. The molecule has 1 aliphatic rings. The van der Waals surface area contributed by atoms with E-state index < -0.39 is 17.4 Å². The molecule has 0 saturated carbocycles. The molecule has 1 aromatic carbocycles. The van der Waals surface area contributed by atoms with E-state index in [1.807, 2.05) is 6.07 Å². The van der Waals surface area contributed by atoms with Crippen LogP contribution in [-0.4, -0.2) is 43.3 Å². The number of hydrogen-bond donors (Lipinski definition) is 2. The third-order valence-corrected chi connectivity index (χ3v) is 3.81. The maximum Gasteiger partial charge on any atom is 0.313 e. The van der Waals surface area contributed by atoms with Crippen molar-refractivity contribution < 1.29 is 24.2 Å². The summed E-state index contributed by atoms with van der Waals surface area (Å²) in [6.07, 6.45) is 0. The van der Waals surface area contributed by atoms with Crippen molar-refractivity contribution in [3.05, 3.63) is 35.4 Å². The van der Waals surface area contributed by atoms with Crippen LogP contribution in [0.15, 0.2) is 24.3 Å². The zero-order valence-electron chi connectivity index (χ0n) is 12.1. The van der Waals surface area contributed by atoms with Gasteiger partial charge in [0.25, 0.3) is 5.91 Å². The number of methoxy groups -OCH3 is 1. The summed E-state index contributed by atoms with van der Waals surface area (Å²) < 4.78 is 10.3. The van der Waals surface area contributed by atoms with Gasteiger partial charge >= 0.3 is 5.97 Å². The summed E-state index contributed by atoms with van der Waals surface area (Å²) in [6, 6.07) is 6.52. The van der Waals surface area contributed by atoms with E-state index in [1.165, 1.54) is 0 Å². The molecule has 6 heteroatoms. The first-order valence-electron chi connectivity index (χ1n) is 6.68. The SMILES string of the molecule is COCc1ccccc1C(=O)NC1COCC1(C)C(=O)O. The zero-order chi connectivity index (χ0) is 15.5. The van der Waals surface area contributed by atoms with E-state index in [0.717, 1.165) is 5.56 Å². The van der Waals surface area contributed by atoms with Gasteiger partial charge in [-0.25, -0.2) is 0 Å². The number of carboxylic acid groups (broad SMARTS) is 1. The molecule has 1 aliphatic heterocycles. The second-order valence-electron chi connectivity index (χ2n) is 5.35. The lowest BCUT2D eigenvalue weighted by molar-refractivity contribution is -0.148. The molecule has 2 unspecified atom stereocenters. The third-order valence-electron chi connectivity index (χ3n) is 3.81. The van der Waals surface area contributed by atoms with Crippen LogP contribution >= 0.6 is 0 Å². The highest BCUT2D eigenvalue weighted by Gasteiger charge is 2.47. The predicted molar refractivity (Wildman–Crippen MR) is 75.0 cm³/mol. The molecule has 21 heavy (non-hydrogen) atoms. The Hall–Kier alpha value is -1.92. The highest BCUT2D eigenvalue weighted by Crippen LogP contribution is 2.29. The molecular formula is C15H19NO5. The fourth-order valence-electron chi connectivity index (χ4n) is 2.34. The fraction of sp³-hybridized carbons (Fsp3) is 0.467. The van der Waals surface area contributed by atoms with Crippen LogP contribution in [0.4, 0.5) is 0 Å². The molecule has 0 aliphatic carbocycles. The standard InChI is InChI=1S/C15H19NO5/c1-15(14(18)19)9-21-8-12(15)16-13(17)11-6-4-3-5-10(11)7-20-2/h3-6,12H,7-9H2,1-2H3,(H,16,17)(H,18,19). The number of benzene rings is 1. The molecule has 1 heterocycles. The van der Waals surface area contributed by atoms with Crippen LogP contribution in [0.25, 0.3) is 0 Å². The van der Waals surface area contributed by atoms with Gasteiger partial charge in [0, 0.05) is 12.7 Å². The summed E-state index contributed by atoms with van der Waals surface area (Å²) in [5.41, 5.74) is 0.138. The highest BCUT2D eigenvalue weighted by molar-refractivity contribution is 5.96. The van der Waals surface area contributed by atoms with Gasteiger partial charge in [0.05, 0.1) is 25.9 Å². The van der Waals surface area contributed by atoms with E-state index in [1.54, 1.807) is 32.2 Å². The van der Waals surface area contributed by atoms with E-state index in [4.69, 9.17) is 9.47 Å². The molecule has 0 bridgehead atoms. The minimum Gasteiger partial charge on any atom is -0.481 e. The molecule has 114 valence electrons. The number of hydrogen-bond acceptors (Lipinski definition) is 4. The Balaban J connectivity index is 2.17. The molecule has 1 fully saturated rings. The number of ether oxygens (including phenoxy) is 2. The Morgan fingerprint density at radius 3 is 2.86 bits per heavy atom. The topological polar surface area (TPSA) is 84.9 Å². The van der Waals surface area contributed by atoms with E-state index in [-0.39, 0.29) is 19.1 Å². The third kappa shape index (κ3) is 3.06. The van der Waals surface area contributed by atoms with Gasteiger partial charge in [0.1, 0.15) is 5.41 Å². The largest absolute Gasteiger partial charge is 0.481 e. The second kappa shape index (κ2) is 6.24. The summed E-state index contributed by atoms with van der Waals surface area (Å²) in [5.74, 6) is -1.29. The molecule has 2 atom stereocenters. The van der Waals surface area contributed by atoms with E-state index in [0.29, 0.717) is 12.2 Å². The van der Waals surface area contributed by atoms with Crippen LogP contribution in [0.3, 0.4) is 0 Å². The van der Waals surface area contributed by atoms with Crippen LogP contribution in [0.2, 0.25) is 0 Å². The molecule has 0 aromatic heterocycles. The van der Waals surface area contributed by atoms with Crippen molar-refractivity contribution in [1.82, 2.24) is 5.32 Å². The molecule has 2 N–H and O–H groups in total. The summed E-state index contributed by atoms with van der Waals surface area (Å²) >= 11 is 0. The predicted octanol–water partition coefficient (Wildman–Crippen LogP) is 1.05. The fourth-order valence-corrected chi connectivity index (χ4v) is 2.34. The Kier molecular flexibility index (Phi) is 4.59. The van der Waals surface area contributed by atoms with Gasteiger partial charge in [0.2, 0.25) is 0 Å². The lowest BCUT2D eigenvalue weighted by atomic mass is 9.85. The quantitative estimate of drug-likeness (QED) is 0.847. The normalized spacial score (nSPS) is 24.8. The molecule has 6 nitrogen and oxygen atoms in total. The lowest BCUT2D eigenvalue weighted by Crippen LogP contribution is -2.49. The lowest BCUT2D eigenvalue weighted by Gasteiger charge is -2.25. The number of carbonyl (C=O) groups is 2. The number of amides is 1. The van der Waals surface area contributed by atoms with E-state index in [9.17, 15) is 14.7 Å². The van der Waals surface area contributed by atoms with Crippen molar-refractivity contribution in [3.8, 4) is 0 Å². The van der Waals surface area contributed by atoms with Gasteiger partial charge in [0.15, 0.2) is 0 Å². The van der Waals surface area contributed by atoms with Gasteiger partial charge in [-0.05, 0) is 18.6 Å². The monoisotopic (exact) mass is 293 g/mol. The number of aliphatic carboxylic acids is 1. The van der Waals surface area contributed by atoms with Crippen LogP contribution in [0, 0.1) is 5.41 Å². The smallest absolute Gasteiger partial charge is 0.313 e. The molecule has 1 aromatic rings. The van der Waals surface area contributed by atoms with Crippen molar-refractivity contribution in [2.75, 3.05) is 20.3 Å². The summed E-state index contributed by atoms with van der Waals surface area (Å²) in [7, 11) is 1.56. The number of carboxylic acids is 1. The van der Waals surface area contributed by atoms with Crippen LogP contribution in [0.1, 0.15) is 22.8 Å². The molecule has 0 radical (unpaired) electrons. The van der Waals surface area contributed by atoms with Gasteiger partial charge in [-0.3, -0.25) is 9.59 Å². The molecule has 1 amide bonds. The van der Waals surface area contributed by atoms with Gasteiger partial charge in [-0.2, -0.15) is 0 Å². The Bertz CT molecular complexity index is 545. The average molecular weight is 293 g/mol. The maximum absolute atomic E-state index is 12.4. The summed E-state index contributed by atoms with van der Waals surface area (Å²) in [5, 5.41) is 12.1. The van der Waals surface area contributed by atoms with Crippen LogP contribution < -0.4 is 5.32 Å². The number of nitrogens with one attached hydrogen (secondary N) is 1. The van der Waals surface area contributed by atoms with Crippen molar-refractivity contribution >= 4 is 11.9 Å². The first kappa shape index (κ1) is 15.5. The molecule has 1 saturated heterocycles. The van der Waals surface area contributed by atoms with Crippen LogP contribution in [-0.2, 0) is 20.9 Å². The highest BCUT2D eigenvalue weighted by atomic mass is 16.5. The van der Waals surface area contributed by atoms with Crippen molar-refractivity contribution in [3.63, 3.8) is 0 Å². The van der Waals surface area contributed by atoms with Crippen LogP contribution in [0.5, 0.6) is 0 Å². The molecule has 2 rings (SSSR count). The minimum absolute atomic E-state index is 0.0903. The Labute approximate surface area is 123 Å². The Morgan fingerprint density at radius 2 is 2.19 bits per heavy atom. The summed E-state index contributed by atoms with van der Waals surface area (Å²) in [4.78, 5) is 23.8. The maximum atomic E-state index is 12.4. The van der Waals surface area contributed by atoms with Gasteiger partial charge in [-0.15, -0.1) is 0 Å². The van der Waals surface area contributed by atoms with Gasteiger partial charge < -0.3 is 19.9 Å². The van der Waals surface area contributed by atoms with Crippen molar-refractivity contribution in [1.29, 1.82) is 0 Å². The first-order chi connectivity index (χ1) is 9.99. The van der Waals surface area contributed by atoms with E-state index >= 15 is 0 Å². The van der Waals surface area contributed by atoms with Crippen molar-refractivity contribution in [2.45, 2.75) is 19.6 Å².